The highest BCUT2D eigenvalue weighted by atomic mass is 32.2. The van der Waals surface area contributed by atoms with E-state index >= 15 is 0 Å². The number of sulfonamides is 1. The molecule has 0 fully saturated rings. The van der Waals surface area contributed by atoms with Crippen molar-refractivity contribution in [3.8, 4) is 5.75 Å². The Bertz CT molecular complexity index is 938. The molecule has 2 amide bonds. The molecule has 0 radical (unpaired) electrons. The van der Waals surface area contributed by atoms with Crippen LogP contribution in [0.1, 0.15) is 31.1 Å². The number of methoxy groups -OCH3 is 2. The summed E-state index contributed by atoms with van der Waals surface area (Å²) >= 11 is 0. The molecule has 0 unspecified atom stereocenters. The lowest BCUT2D eigenvalue weighted by molar-refractivity contribution is -0.139. The predicted molar refractivity (Wildman–Crippen MR) is 125 cm³/mol. The van der Waals surface area contributed by atoms with Gasteiger partial charge in [-0.25, -0.2) is 8.42 Å². The number of carbonyl (C=O) groups is 2. The number of fused-ring (bicyclic) bond motifs is 1. The molecule has 0 aromatic heterocycles. The lowest BCUT2D eigenvalue weighted by Gasteiger charge is -2.36. The summed E-state index contributed by atoms with van der Waals surface area (Å²) in [5.41, 5.74) is 0.587. The number of nitrogens with zero attached hydrogens (tertiary/aromatic N) is 2. The number of likely N-dealkylation sites (N-methyl/N-ethyl adjacent to an activating group) is 1. The smallest absolute Gasteiger partial charge is 0.257 e. The van der Waals surface area contributed by atoms with Crippen LogP contribution in [0.3, 0.4) is 0 Å². The molecule has 3 atom stereocenters. The van der Waals surface area contributed by atoms with Crippen molar-refractivity contribution in [2.24, 2.45) is 5.92 Å². The summed E-state index contributed by atoms with van der Waals surface area (Å²) in [6, 6.07) is 4.23. The molecule has 1 aromatic carbocycles. The highest BCUT2D eigenvalue weighted by molar-refractivity contribution is 7.92. The fourth-order valence-electron chi connectivity index (χ4n) is 3.64. The van der Waals surface area contributed by atoms with E-state index in [1.165, 1.54) is 37.1 Å². The van der Waals surface area contributed by atoms with Gasteiger partial charge in [-0.05, 0) is 26.0 Å². The number of anilines is 1. The van der Waals surface area contributed by atoms with Crippen LogP contribution in [-0.2, 0) is 24.3 Å². The van der Waals surface area contributed by atoms with E-state index in [2.05, 4.69) is 4.72 Å². The summed E-state index contributed by atoms with van der Waals surface area (Å²) in [7, 11) is 1.21. The van der Waals surface area contributed by atoms with Crippen LogP contribution < -0.4 is 9.46 Å². The Balaban J connectivity index is 2.47. The maximum Gasteiger partial charge on any atom is 0.257 e. The molecular formula is C22H35N3O7S. The van der Waals surface area contributed by atoms with Crippen LogP contribution in [0.2, 0.25) is 0 Å². The Labute approximate surface area is 196 Å². The molecule has 1 N–H and O–H groups in total. The number of benzene rings is 1. The van der Waals surface area contributed by atoms with Gasteiger partial charge >= 0.3 is 0 Å². The van der Waals surface area contributed by atoms with Crippen LogP contribution in [-0.4, -0.2) is 95.5 Å². The maximum atomic E-state index is 13.2. The third-order valence-electron chi connectivity index (χ3n) is 5.69. The summed E-state index contributed by atoms with van der Waals surface area (Å²) in [6.07, 6.45) is -0.302. The minimum Gasteiger partial charge on any atom is -0.491 e. The Kier molecular flexibility index (Phi) is 9.50. The molecule has 0 bridgehead atoms. The molecule has 0 saturated carbocycles. The molecule has 0 saturated heterocycles. The summed E-state index contributed by atoms with van der Waals surface area (Å²) < 4.78 is 43.1. The molecule has 10 nitrogen and oxygen atoms in total. The zero-order chi connectivity index (χ0) is 24.8. The maximum absolute atomic E-state index is 13.2. The van der Waals surface area contributed by atoms with Gasteiger partial charge in [-0.3, -0.25) is 14.3 Å². The van der Waals surface area contributed by atoms with Crippen molar-refractivity contribution in [1.82, 2.24) is 9.80 Å². The van der Waals surface area contributed by atoms with Gasteiger partial charge in [0.15, 0.2) is 0 Å². The highest BCUT2D eigenvalue weighted by Crippen LogP contribution is 2.27. The second-order valence-corrected chi connectivity index (χ2v) is 10.3. The standard InChI is InChI=1S/C22H35N3O7S/c1-7-33(28,29)23-17-8-9-18-19(10-17)32-13-16(3)25(21(26)14-30-5)11-15(2)20(31-6)12-24(4)22(18)27/h8-10,15-16,20,23H,7,11-14H2,1-6H3/t15-,16-,20-/m1/s1. The van der Waals surface area contributed by atoms with E-state index in [4.69, 9.17) is 14.2 Å². The van der Waals surface area contributed by atoms with Gasteiger partial charge in [0.2, 0.25) is 15.9 Å². The molecular weight excluding hydrogens is 450 g/mol. The molecule has 1 aliphatic rings. The summed E-state index contributed by atoms with van der Waals surface area (Å²) in [6.45, 7) is 6.10. The van der Waals surface area contributed by atoms with Crippen molar-refractivity contribution in [3.63, 3.8) is 0 Å². The number of hydrogen-bond acceptors (Lipinski definition) is 7. The van der Waals surface area contributed by atoms with Crippen LogP contribution >= 0.6 is 0 Å². The number of nitrogens with one attached hydrogen (secondary N) is 1. The quantitative estimate of drug-likeness (QED) is 0.648. The van der Waals surface area contributed by atoms with Gasteiger partial charge in [-0.15, -0.1) is 0 Å². The van der Waals surface area contributed by atoms with Crippen molar-refractivity contribution in [2.75, 3.05) is 58.0 Å². The third-order valence-corrected chi connectivity index (χ3v) is 7.00. The number of amides is 2. The minimum absolute atomic E-state index is 0.0572. The van der Waals surface area contributed by atoms with Crippen LogP contribution in [0.25, 0.3) is 0 Å². The molecule has 33 heavy (non-hydrogen) atoms. The predicted octanol–water partition coefficient (Wildman–Crippen LogP) is 1.43. The summed E-state index contributed by atoms with van der Waals surface area (Å²) in [5.74, 6) is -0.363. The third kappa shape index (κ3) is 7.05. The van der Waals surface area contributed by atoms with Gasteiger partial charge in [0.05, 0.1) is 29.1 Å². The van der Waals surface area contributed by atoms with Crippen LogP contribution in [0.15, 0.2) is 18.2 Å². The fraction of sp³-hybridized carbons (Fsp3) is 0.636. The van der Waals surface area contributed by atoms with Gasteiger partial charge in [0, 0.05) is 46.3 Å². The van der Waals surface area contributed by atoms with Gasteiger partial charge in [-0.1, -0.05) is 6.92 Å². The number of hydrogen-bond donors (Lipinski definition) is 1. The topological polar surface area (TPSA) is 114 Å². The van der Waals surface area contributed by atoms with E-state index in [-0.39, 0.29) is 54.6 Å². The Morgan fingerprint density at radius 2 is 1.94 bits per heavy atom. The van der Waals surface area contributed by atoms with Gasteiger partial charge < -0.3 is 24.0 Å². The molecule has 11 heteroatoms. The van der Waals surface area contributed by atoms with Crippen molar-refractivity contribution in [2.45, 2.75) is 32.9 Å². The average molecular weight is 486 g/mol. The van der Waals surface area contributed by atoms with Crippen LogP contribution in [0, 0.1) is 5.92 Å². The SMILES string of the molecule is CCS(=O)(=O)Nc1ccc2c(c1)OC[C@@H](C)N(C(=O)COC)C[C@@H](C)[C@H](OC)CN(C)C2=O. The van der Waals surface area contributed by atoms with E-state index in [9.17, 15) is 18.0 Å². The second kappa shape index (κ2) is 11.7. The lowest BCUT2D eigenvalue weighted by Crippen LogP contribution is -2.49. The molecule has 1 aromatic rings. The van der Waals surface area contributed by atoms with E-state index < -0.39 is 10.0 Å². The Morgan fingerprint density at radius 1 is 1.24 bits per heavy atom. The molecule has 2 rings (SSSR count). The lowest BCUT2D eigenvalue weighted by atomic mass is 10.0. The molecule has 0 spiro atoms. The monoisotopic (exact) mass is 485 g/mol. The molecule has 186 valence electrons. The first-order valence-corrected chi connectivity index (χ1v) is 12.5. The fourth-order valence-corrected chi connectivity index (χ4v) is 4.27. The highest BCUT2D eigenvalue weighted by Gasteiger charge is 2.30. The van der Waals surface area contributed by atoms with Crippen molar-refractivity contribution in [1.29, 1.82) is 0 Å². The summed E-state index contributed by atoms with van der Waals surface area (Å²) in [4.78, 5) is 29.1. The molecule has 1 aliphatic heterocycles. The average Bonchev–Trinajstić information content (AvgIpc) is 2.77. The zero-order valence-electron chi connectivity index (χ0n) is 20.2. The van der Waals surface area contributed by atoms with Crippen molar-refractivity contribution < 1.29 is 32.2 Å². The van der Waals surface area contributed by atoms with E-state index in [1.807, 2.05) is 13.8 Å². The van der Waals surface area contributed by atoms with Crippen LogP contribution in [0.5, 0.6) is 5.75 Å². The number of carbonyl (C=O) groups excluding carboxylic acids is 2. The van der Waals surface area contributed by atoms with Crippen molar-refractivity contribution >= 4 is 27.5 Å². The minimum atomic E-state index is -3.50. The summed E-state index contributed by atoms with van der Waals surface area (Å²) in [5, 5.41) is 0. The first-order chi connectivity index (χ1) is 15.5. The molecule has 0 aliphatic carbocycles. The van der Waals surface area contributed by atoms with Gasteiger partial charge in [-0.2, -0.15) is 0 Å². The Hall–Kier alpha value is -2.37. The molecule has 1 heterocycles. The Morgan fingerprint density at radius 3 is 2.55 bits per heavy atom. The van der Waals surface area contributed by atoms with Gasteiger partial charge in [0.1, 0.15) is 19.0 Å². The van der Waals surface area contributed by atoms with Gasteiger partial charge in [0.25, 0.3) is 5.91 Å². The number of ether oxygens (including phenoxy) is 3. The first-order valence-electron chi connectivity index (χ1n) is 10.9. The zero-order valence-corrected chi connectivity index (χ0v) is 21.0. The largest absolute Gasteiger partial charge is 0.491 e. The first kappa shape index (κ1) is 26.9. The van der Waals surface area contributed by atoms with E-state index in [1.54, 1.807) is 19.1 Å². The second-order valence-electron chi connectivity index (χ2n) is 8.29. The normalized spacial score (nSPS) is 22.6. The van der Waals surface area contributed by atoms with Crippen molar-refractivity contribution in [3.05, 3.63) is 23.8 Å². The van der Waals surface area contributed by atoms with E-state index in [0.717, 1.165) is 0 Å². The van der Waals surface area contributed by atoms with Crippen LogP contribution in [0.4, 0.5) is 5.69 Å². The number of rotatable bonds is 6. The van der Waals surface area contributed by atoms with E-state index in [0.29, 0.717) is 24.3 Å².